The van der Waals surface area contributed by atoms with E-state index in [1.165, 1.54) is 0 Å². The van der Waals surface area contributed by atoms with E-state index in [4.69, 9.17) is 27.9 Å². The summed E-state index contributed by atoms with van der Waals surface area (Å²) in [4.78, 5) is 11.6. The molecule has 0 aliphatic carbocycles. The van der Waals surface area contributed by atoms with Gasteiger partial charge in [0.15, 0.2) is 0 Å². The number of nitrogens with one attached hydrogen (secondary N) is 1. The smallest absolute Gasteiger partial charge is 0.220 e. The Labute approximate surface area is 124 Å². The van der Waals surface area contributed by atoms with E-state index < -0.39 is 0 Å². The average molecular weight is 304 g/mol. The number of aryl methyl sites for hydroxylation is 1. The zero-order chi connectivity index (χ0) is 14.1. The predicted octanol–water partition coefficient (Wildman–Crippen LogP) is 3.47. The van der Waals surface area contributed by atoms with Crippen molar-refractivity contribution in [3.8, 4) is 0 Å². The second-order valence-electron chi connectivity index (χ2n) is 4.14. The molecule has 0 saturated heterocycles. The molecule has 0 radical (unpaired) electrons. The number of hydrogen-bond acceptors (Lipinski definition) is 2. The Kier molecular flexibility index (Phi) is 7.87. The van der Waals surface area contributed by atoms with Crippen molar-refractivity contribution in [3.05, 3.63) is 33.8 Å². The maximum atomic E-state index is 11.6. The molecule has 19 heavy (non-hydrogen) atoms. The maximum absolute atomic E-state index is 11.6. The Balaban J connectivity index is 2.22. The van der Waals surface area contributed by atoms with Gasteiger partial charge in [-0.15, -0.1) is 0 Å². The minimum Gasteiger partial charge on any atom is -0.382 e. The highest BCUT2D eigenvalue weighted by atomic mass is 35.5. The average Bonchev–Trinajstić information content (AvgIpc) is 2.37. The predicted molar refractivity (Wildman–Crippen MR) is 78.9 cm³/mol. The van der Waals surface area contributed by atoms with Crippen LogP contribution in [0.3, 0.4) is 0 Å². The largest absolute Gasteiger partial charge is 0.382 e. The molecule has 0 atom stereocenters. The van der Waals surface area contributed by atoms with Crippen LogP contribution in [0.15, 0.2) is 18.2 Å². The van der Waals surface area contributed by atoms with Crippen LogP contribution < -0.4 is 5.32 Å². The highest BCUT2D eigenvalue weighted by Crippen LogP contribution is 2.21. The molecule has 5 heteroatoms. The topological polar surface area (TPSA) is 38.3 Å². The summed E-state index contributed by atoms with van der Waals surface area (Å²) >= 11 is 11.9. The summed E-state index contributed by atoms with van der Waals surface area (Å²) in [6.07, 6.45) is 1.88. The van der Waals surface area contributed by atoms with Gasteiger partial charge >= 0.3 is 0 Å². The molecule has 3 nitrogen and oxygen atoms in total. The van der Waals surface area contributed by atoms with Gasteiger partial charge in [0.2, 0.25) is 5.91 Å². The van der Waals surface area contributed by atoms with Crippen LogP contribution in [-0.2, 0) is 16.0 Å². The van der Waals surface area contributed by atoms with Crippen LogP contribution in [0.25, 0.3) is 0 Å². The minimum atomic E-state index is 0.0301. The van der Waals surface area contributed by atoms with Crippen molar-refractivity contribution in [3.63, 3.8) is 0 Å². The lowest BCUT2D eigenvalue weighted by Gasteiger charge is -2.07. The van der Waals surface area contributed by atoms with Gasteiger partial charge in [0.1, 0.15) is 0 Å². The molecule has 1 aromatic rings. The number of hydrogen-bond donors (Lipinski definition) is 1. The van der Waals surface area contributed by atoms with Gasteiger partial charge in [0.05, 0.1) is 0 Å². The van der Waals surface area contributed by atoms with Crippen LogP contribution in [0.1, 0.15) is 25.3 Å². The third-order valence-electron chi connectivity index (χ3n) is 2.63. The van der Waals surface area contributed by atoms with Crippen LogP contribution >= 0.6 is 23.2 Å². The lowest BCUT2D eigenvalue weighted by molar-refractivity contribution is -0.121. The summed E-state index contributed by atoms with van der Waals surface area (Å²) < 4.78 is 5.19. The molecule has 0 fully saturated rings. The molecule has 0 spiro atoms. The SMILES string of the molecule is CCOCCCNC(=O)CCc1ccc(Cl)cc1Cl. The van der Waals surface area contributed by atoms with Gasteiger partial charge in [-0.3, -0.25) is 4.79 Å². The normalized spacial score (nSPS) is 10.5. The Morgan fingerprint density at radius 1 is 1.37 bits per heavy atom. The molecule has 0 aliphatic rings. The van der Waals surface area contributed by atoms with Crippen LogP contribution in [0.5, 0.6) is 0 Å². The van der Waals surface area contributed by atoms with E-state index in [0.29, 0.717) is 42.6 Å². The van der Waals surface area contributed by atoms with Crippen LogP contribution in [0.4, 0.5) is 0 Å². The second-order valence-corrected chi connectivity index (χ2v) is 4.98. The number of carbonyl (C=O) groups excluding carboxylic acids is 1. The summed E-state index contributed by atoms with van der Waals surface area (Å²) in [6.45, 7) is 3.99. The van der Waals surface area contributed by atoms with Gasteiger partial charge in [-0.05, 0) is 37.5 Å². The monoisotopic (exact) mass is 303 g/mol. The number of amides is 1. The standard InChI is InChI=1S/C14H19Cl2NO2/c1-2-19-9-3-8-17-14(18)7-5-11-4-6-12(15)10-13(11)16/h4,6,10H,2-3,5,7-9H2,1H3,(H,17,18). The summed E-state index contributed by atoms with van der Waals surface area (Å²) in [5, 5.41) is 4.07. The van der Waals surface area contributed by atoms with E-state index >= 15 is 0 Å². The first-order valence-electron chi connectivity index (χ1n) is 6.42. The van der Waals surface area contributed by atoms with Crippen LogP contribution in [0, 0.1) is 0 Å². The molecular formula is C14H19Cl2NO2. The van der Waals surface area contributed by atoms with E-state index in [2.05, 4.69) is 5.32 Å². The van der Waals surface area contributed by atoms with Crippen molar-refractivity contribution < 1.29 is 9.53 Å². The zero-order valence-electron chi connectivity index (χ0n) is 11.0. The first-order chi connectivity index (χ1) is 9.13. The molecule has 1 N–H and O–H groups in total. The highest BCUT2D eigenvalue weighted by Gasteiger charge is 2.05. The Hall–Kier alpha value is -0.770. The van der Waals surface area contributed by atoms with E-state index in [0.717, 1.165) is 12.0 Å². The molecule has 106 valence electrons. The van der Waals surface area contributed by atoms with Gasteiger partial charge in [-0.2, -0.15) is 0 Å². The first kappa shape index (κ1) is 16.3. The molecule has 1 aromatic carbocycles. The number of rotatable bonds is 8. The first-order valence-corrected chi connectivity index (χ1v) is 7.17. The molecule has 0 unspecified atom stereocenters. The number of carbonyl (C=O) groups is 1. The van der Waals surface area contributed by atoms with Gasteiger partial charge < -0.3 is 10.1 Å². The molecule has 0 heterocycles. The van der Waals surface area contributed by atoms with Crippen molar-refractivity contribution in [2.75, 3.05) is 19.8 Å². The van der Waals surface area contributed by atoms with Crippen molar-refractivity contribution in [1.82, 2.24) is 5.32 Å². The molecule has 0 aromatic heterocycles. The lowest BCUT2D eigenvalue weighted by atomic mass is 10.1. The van der Waals surface area contributed by atoms with E-state index in [-0.39, 0.29) is 5.91 Å². The molecule has 1 rings (SSSR count). The number of benzene rings is 1. The fraction of sp³-hybridized carbons (Fsp3) is 0.500. The van der Waals surface area contributed by atoms with Gasteiger partial charge in [-0.25, -0.2) is 0 Å². The Morgan fingerprint density at radius 2 is 2.16 bits per heavy atom. The zero-order valence-corrected chi connectivity index (χ0v) is 12.6. The number of halogens is 2. The van der Waals surface area contributed by atoms with Crippen molar-refractivity contribution in [2.45, 2.75) is 26.2 Å². The third kappa shape index (κ3) is 6.81. The van der Waals surface area contributed by atoms with Gasteiger partial charge in [0.25, 0.3) is 0 Å². The van der Waals surface area contributed by atoms with Gasteiger partial charge in [0, 0.05) is 36.2 Å². The summed E-state index contributed by atoms with van der Waals surface area (Å²) in [6, 6.07) is 5.33. The molecule has 1 amide bonds. The number of ether oxygens (including phenoxy) is 1. The second kappa shape index (κ2) is 9.18. The fourth-order valence-electron chi connectivity index (χ4n) is 1.61. The van der Waals surface area contributed by atoms with Crippen molar-refractivity contribution >= 4 is 29.1 Å². The van der Waals surface area contributed by atoms with Crippen molar-refractivity contribution in [1.29, 1.82) is 0 Å². The van der Waals surface area contributed by atoms with Crippen molar-refractivity contribution in [2.24, 2.45) is 0 Å². The summed E-state index contributed by atoms with van der Waals surface area (Å²) in [7, 11) is 0. The highest BCUT2D eigenvalue weighted by molar-refractivity contribution is 6.35. The Morgan fingerprint density at radius 3 is 2.84 bits per heavy atom. The minimum absolute atomic E-state index is 0.0301. The summed E-state index contributed by atoms with van der Waals surface area (Å²) in [5.41, 5.74) is 0.940. The lowest BCUT2D eigenvalue weighted by Crippen LogP contribution is -2.25. The quantitative estimate of drug-likeness (QED) is 0.747. The van der Waals surface area contributed by atoms with E-state index in [1.54, 1.807) is 12.1 Å². The van der Waals surface area contributed by atoms with E-state index in [1.807, 2.05) is 13.0 Å². The molecular weight excluding hydrogens is 285 g/mol. The molecule has 0 bridgehead atoms. The van der Waals surface area contributed by atoms with Gasteiger partial charge in [-0.1, -0.05) is 29.3 Å². The van der Waals surface area contributed by atoms with Crippen LogP contribution in [-0.4, -0.2) is 25.7 Å². The third-order valence-corrected chi connectivity index (χ3v) is 3.22. The Bertz CT molecular complexity index is 410. The molecule has 0 saturated carbocycles. The van der Waals surface area contributed by atoms with E-state index in [9.17, 15) is 4.79 Å². The summed E-state index contributed by atoms with van der Waals surface area (Å²) in [5.74, 6) is 0.0301. The van der Waals surface area contributed by atoms with Crippen LogP contribution in [0.2, 0.25) is 10.0 Å². The molecule has 0 aliphatic heterocycles. The fourth-order valence-corrected chi connectivity index (χ4v) is 2.11. The maximum Gasteiger partial charge on any atom is 0.220 e.